The quantitative estimate of drug-likeness (QED) is 0.0223. The number of furan rings is 1. The van der Waals surface area contributed by atoms with Crippen molar-refractivity contribution < 1.29 is 61.5 Å². The smallest absolute Gasteiger partial charge is 0.306 e. The van der Waals surface area contributed by atoms with Gasteiger partial charge in [0.15, 0.2) is 6.10 Å². The summed E-state index contributed by atoms with van der Waals surface area (Å²) < 4.78 is 40.0. The van der Waals surface area contributed by atoms with Crippen LogP contribution in [0.1, 0.15) is 158 Å². The summed E-state index contributed by atoms with van der Waals surface area (Å²) in [5, 5.41) is 20.8. The van der Waals surface area contributed by atoms with Gasteiger partial charge in [-0.2, -0.15) is 0 Å². The summed E-state index contributed by atoms with van der Waals surface area (Å²) in [6.07, 6.45) is 17.2. The van der Waals surface area contributed by atoms with Crippen molar-refractivity contribution in [3.8, 4) is 0 Å². The highest BCUT2D eigenvalue weighted by atomic mass is 31.2. The molecule has 1 aliphatic carbocycles. The lowest BCUT2D eigenvalue weighted by molar-refractivity contribution is -0.870. The zero-order valence-corrected chi connectivity index (χ0v) is 39.0. The predicted octanol–water partition coefficient (Wildman–Crippen LogP) is 8.19. The monoisotopic (exact) mass is 870 g/mol. The van der Waals surface area contributed by atoms with Crippen molar-refractivity contribution in [2.45, 2.75) is 181 Å². The Labute approximate surface area is 361 Å². The number of phosphoric acid groups is 1. The maximum absolute atomic E-state index is 12.8. The molecule has 6 atom stereocenters. The van der Waals surface area contributed by atoms with E-state index in [1.807, 2.05) is 21.1 Å². The molecular weight excluding hydrogens is 789 g/mol. The van der Waals surface area contributed by atoms with Gasteiger partial charge in [-0.25, -0.2) is 0 Å². The summed E-state index contributed by atoms with van der Waals surface area (Å²) in [4.78, 5) is 50.4. The maximum atomic E-state index is 12.8. The Morgan fingerprint density at radius 1 is 0.850 bits per heavy atom. The Bertz CT molecular complexity index is 1470. The molecule has 1 aliphatic rings. The van der Waals surface area contributed by atoms with Crippen LogP contribution in [-0.2, 0) is 50.3 Å². The lowest BCUT2D eigenvalue weighted by Gasteiger charge is -2.28. The van der Waals surface area contributed by atoms with Crippen LogP contribution < -0.4 is 4.89 Å². The van der Waals surface area contributed by atoms with E-state index in [-0.39, 0.29) is 44.2 Å². The average Bonchev–Trinajstić information content (AvgIpc) is 3.60. The fourth-order valence-electron chi connectivity index (χ4n) is 7.49. The van der Waals surface area contributed by atoms with E-state index < -0.39 is 50.6 Å². The largest absolute Gasteiger partial charge is 0.756 e. The molecule has 0 amide bonds. The molecule has 1 saturated carbocycles. The summed E-state index contributed by atoms with van der Waals surface area (Å²) in [5.41, 5.74) is 2.53. The molecule has 1 aromatic heterocycles. The number of carbonyl (C=O) groups is 3. The molecule has 1 unspecified atom stereocenters. The average molecular weight is 870 g/mol. The van der Waals surface area contributed by atoms with E-state index >= 15 is 0 Å². The van der Waals surface area contributed by atoms with Crippen LogP contribution in [0.2, 0.25) is 0 Å². The van der Waals surface area contributed by atoms with E-state index in [2.05, 4.69) is 27.7 Å². The minimum Gasteiger partial charge on any atom is -0.756 e. The maximum Gasteiger partial charge on any atom is 0.306 e. The minimum absolute atomic E-state index is 0.00127. The summed E-state index contributed by atoms with van der Waals surface area (Å²) in [5.74, 6) is 0.589. The highest BCUT2D eigenvalue weighted by Gasteiger charge is 2.39. The zero-order chi connectivity index (χ0) is 44.6. The molecule has 2 rings (SSSR count). The molecule has 0 radical (unpaired) electrons. The van der Waals surface area contributed by atoms with E-state index in [0.29, 0.717) is 36.7 Å². The highest BCUT2D eigenvalue weighted by Crippen LogP contribution is 2.38. The molecule has 13 nitrogen and oxygen atoms in total. The summed E-state index contributed by atoms with van der Waals surface area (Å²) in [6, 6.07) is 0. The first-order valence-corrected chi connectivity index (χ1v) is 24.3. The normalized spacial score (nSPS) is 19.2. The molecule has 346 valence electrons. The number of hydrogen-bond acceptors (Lipinski definition) is 12. The number of aryl methyl sites for hydroxylation is 2. The number of rotatable bonds is 34. The summed E-state index contributed by atoms with van der Waals surface area (Å²) in [6.45, 7) is 7.98. The van der Waals surface area contributed by atoms with Crippen molar-refractivity contribution in [2.24, 2.45) is 11.8 Å². The Morgan fingerprint density at radius 3 is 2.12 bits per heavy atom. The fourth-order valence-corrected chi connectivity index (χ4v) is 8.22. The number of allylic oxidation sites excluding steroid dienone is 1. The molecular formula is C46H80NO12P. The van der Waals surface area contributed by atoms with Crippen molar-refractivity contribution in [1.82, 2.24) is 0 Å². The van der Waals surface area contributed by atoms with Gasteiger partial charge in [0.2, 0.25) is 0 Å². The van der Waals surface area contributed by atoms with Crippen molar-refractivity contribution in [1.29, 1.82) is 0 Å². The molecule has 14 heteroatoms. The zero-order valence-electron chi connectivity index (χ0n) is 38.1. The fraction of sp³-hybridized carbons (Fsp3) is 0.804. The summed E-state index contributed by atoms with van der Waals surface area (Å²) in [7, 11) is 1.01. The number of ketones is 1. The van der Waals surface area contributed by atoms with Crippen LogP contribution in [0.15, 0.2) is 16.6 Å². The van der Waals surface area contributed by atoms with Crippen LogP contribution in [-0.4, -0.2) is 98.2 Å². The van der Waals surface area contributed by atoms with Gasteiger partial charge < -0.3 is 42.5 Å². The lowest BCUT2D eigenvalue weighted by Crippen LogP contribution is -2.37. The number of hydrogen-bond donors (Lipinski definition) is 2. The number of likely N-dealkylation sites (N-methyl/N-ethyl adjacent to an activating group) is 1. The first kappa shape index (κ1) is 53.8. The van der Waals surface area contributed by atoms with Crippen molar-refractivity contribution in [2.75, 3.05) is 47.5 Å². The lowest BCUT2D eigenvalue weighted by atomic mass is 9.88. The second kappa shape index (κ2) is 29.1. The third-order valence-corrected chi connectivity index (χ3v) is 12.3. The molecule has 0 spiro atoms. The molecule has 1 aromatic rings. The Balaban J connectivity index is 1.75. The molecule has 1 heterocycles. The predicted molar refractivity (Wildman–Crippen MR) is 231 cm³/mol. The van der Waals surface area contributed by atoms with E-state index in [1.54, 1.807) is 12.2 Å². The van der Waals surface area contributed by atoms with Gasteiger partial charge in [0, 0.05) is 38.0 Å². The van der Waals surface area contributed by atoms with E-state index in [4.69, 9.17) is 22.9 Å². The summed E-state index contributed by atoms with van der Waals surface area (Å²) >= 11 is 0. The Morgan fingerprint density at radius 2 is 1.47 bits per heavy atom. The van der Waals surface area contributed by atoms with E-state index in [9.17, 15) is 34.1 Å². The molecule has 60 heavy (non-hydrogen) atoms. The molecule has 2 N–H and O–H groups in total. The third-order valence-electron chi connectivity index (χ3n) is 11.4. The van der Waals surface area contributed by atoms with Crippen molar-refractivity contribution >= 4 is 25.5 Å². The number of carbonyl (C=O) groups excluding carboxylic acids is 3. The highest BCUT2D eigenvalue weighted by molar-refractivity contribution is 7.45. The number of phosphoric ester groups is 1. The minimum atomic E-state index is -4.70. The van der Waals surface area contributed by atoms with Gasteiger partial charge >= 0.3 is 11.9 Å². The second-order valence-electron chi connectivity index (χ2n) is 17.8. The standard InChI is InChI=1S/C46H80NO12P/c1-8-10-17-23-37(48)28-29-40-39(41(49)32-42(40)50)24-18-15-16-20-26-45(51)55-33-38(34-57-60(53,54)56-31-30-47(5,6)7)58-46(52)27-21-14-12-11-13-19-25-44-36(4)35(3)43(59-44)22-9-2/h28-29,37-41,48-49H,8-27,30-34H2,1-7H3/b29-28+/t37-,38+,39+,40+,41-/m0/s1. The van der Waals surface area contributed by atoms with Crippen molar-refractivity contribution in [3.05, 3.63) is 34.8 Å². The van der Waals surface area contributed by atoms with Gasteiger partial charge in [0.1, 0.15) is 37.1 Å². The number of ether oxygens (including phenoxy) is 2. The van der Waals surface area contributed by atoms with Crippen LogP contribution >= 0.6 is 7.82 Å². The number of unbranched alkanes of at least 4 members (excludes halogenated alkanes) is 10. The number of esters is 2. The van der Waals surface area contributed by atoms with Crippen LogP contribution in [0.25, 0.3) is 0 Å². The van der Waals surface area contributed by atoms with Gasteiger partial charge in [0.05, 0.1) is 40.0 Å². The van der Waals surface area contributed by atoms with E-state index in [0.717, 1.165) is 101 Å². The topological polar surface area (TPSA) is 182 Å². The number of aliphatic hydroxyl groups excluding tert-OH is 2. The van der Waals surface area contributed by atoms with Crippen LogP contribution in [0.3, 0.4) is 0 Å². The Hall–Kier alpha value is -2.38. The number of quaternary nitrogens is 1. The first-order chi connectivity index (χ1) is 28.5. The van der Waals surface area contributed by atoms with Crippen molar-refractivity contribution in [3.63, 3.8) is 0 Å². The van der Waals surface area contributed by atoms with Crippen LogP contribution in [0.4, 0.5) is 0 Å². The van der Waals surface area contributed by atoms with Crippen LogP contribution in [0.5, 0.6) is 0 Å². The van der Waals surface area contributed by atoms with Crippen LogP contribution in [0, 0.1) is 25.7 Å². The number of nitrogens with zero attached hydrogens (tertiary/aromatic N) is 1. The van der Waals surface area contributed by atoms with Gasteiger partial charge in [-0.15, -0.1) is 0 Å². The third kappa shape index (κ3) is 22.6. The molecule has 0 aromatic carbocycles. The second-order valence-corrected chi connectivity index (χ2v) is 19.2. The van der Waals surface area contributed by atoms with Gasteiger partial charge in [-0.05, 0) is 69.4 Å². The Kier molecular flexibility index (Phi) is 26.0. The molecule has 0 aliphatic heterocycles. The molecule has 0 bridgehead atoms. The van der Waals surface area contributed by atoms with Gasteiger partial charge in [-0.1, -0.05) is 90.2 Å². The number of aliphatic hydroxyl groups is 2. The SMILES string of the molecule is CCCCC[C@H](O)/C=C/[C@H]1C(=O)C[C@H](O)[C@@H]1CCCCCCC(=O)OC[C@H](COP(=O)([O-])OCC[N+](C)(C)C)OC(=O)CCCCCCCCc1oc(CCC)c(C)c1C. The van der Waals surface area contributed by atoms with Gasteiger partial charge in [-0.3, -0.25) is 18.9 Å². The number of Topliss-reactive ketones (excluding diaryl/α,β-unsaturated/α-hetero) is 1. The van der Waals surface area contributed by atoms with Gasteiger partial charge in [0.25, 0.3) is 7.82 Å². The van der Waals surface area contributed by atoms with E-state index in [1.165, 1.54) is 11.1 Å². The first-order valence-electron chi connectivity index (χ1n) is 22.9. The molecule has 0 saturated heterocycles. The molecule has 1 fully saturated rings.